The molecule has 0 bridgehead atoms. The quantitative estimate of drug-likeness (QED) is 0.878. The van der Waals surface area contributed by atoms with E-state index in [9.17, 15) is 9.59 Å². The molecule has 22 heavy (non-hydrogen) atoms. The van der Waals surface area contributed by atoms with E-state index in [-0.39, 0.29) is 17.2 Å². The summed E-state index contributed by atoms with van der Waals surface area (Å²) in [5, 5.41) is 12.0. The first kappa shape index (κ1) is 15.1. The van der Waals surface area contributed by atoms with E-state index in [1.165, 1.54) is 11.1 Å². The zero-order valence-electron chi connectivity index (χ0n) is 13.2. The summed E-state index contributed by atoms with van der Waals surface area (Å²) < 4.78 is 0. The van der Waals surface area contributed by atoms with Gasteiger partial charge in [0.1, 0.15) is 0 Å². The summed E-state index contributed by atoms with van der Waals surface area (Å²) >= 11 is 0. The summed E-state index contributed by atoms with van der Waals surface area (Å²) in [5.74, 6) is -0.684. The van der Waals surface area contributed by atoms with Crippen LogP contribution in [0.3, 0.4) is 0 Å². The minimum absolute atomic E-state index is 0.0585. The van der Waals surface area contributed by atoms with Gasteiger partial charge in [0, 0.05) is 17.9 Å². The van der Waals surface area contributed by atoms with Crippen LogP contribution in [0.15, 0.2) is 24.3 Å². The standard InChI is InChI=1S/C18H23NO3/c1-17(2,16(21)22)9-10-19-15(20)14-11-18(14)8-7-12-5-3-4-6-13(12)18/h3-6,14H,7-11H2,1-2H3,(H,19,20)(H,21,22). The van der Waals surface area contributed by atoms with Crippen LogP contribution in [0.2, 0.25) is 0 Å². The second-order valence-corrected chi connectivity index (χ2v) is 7.30. The molecule has 1 aromatic carbocycles. The highest BCUT2D eigenvalue weighted by Gasteiger charge is 2.61. The molecule has 0 aliphatic heterocycles. The molecule has 118 valence electrons. The highest BCUT2D eigenvalue weighted by molar-refractivity contribution is 5.85. The van der Waals surface area contributed by atoms with Gasteiger partial charge in [0.05, 0.1) is 5.41 Å². The Labute approximate surface area is 130 Å². The van der Waals surface area contributed by atoms with Gasteiger partial charge in [0.15, 0.2) is 0 Å². The normalized spacial score (nSPS) is 25.8. The molecule has 2 atom stereocenters. The number of amides is 1. The second kappa shape index (κ2) is 5.11. The first-order chi connectivity index (χ1) is 10.4. The number of carbonyl (C=O) groups excluding carboxylic acids is 1. The van der Waals surface area contributed by atoms with Crippen LogP contribution in [0, 0.1) is 11.3 Å². The molecule has 2 aliphatic rings. The summed E-state index contributed by atoms with van der Waals surface area (Å²) in [6, 6.07) is 8.42. The Morgan fingerprint density at radius 2 is 2.09 bits per heavy atom. The minimum Gasteiger partial charge on any atom is -0.481 e. The van der Waals surface area contributed by atoms with E-state index >= 15 is 0 Å². The summed E-state index contributed by atoms with van der Waals surface area (Å²) in [4.78, 5) is 23.4. The first-order valence-corrected chi connectivity index (χ1v) is 7.96. The summed E-state index contributed by atoms with van der Waals surface area (Å²) in [7, 11) is 0. The molecule has 2 unspecified atom stereocenters. The number of nitrogens with one attached hydrogen (secondary N) is 1. The third-order valence-corrected chi connectivity index (χ3v) is 5.41. The van der Waals surface area contributed by atoms with Gasteiger partial charge in [-0.2, -0.15) is 0 Å². The maximum absolute atomic E-state index is 12.4. The van der Waals surface area contributed by atoms with Gasteiger partial charge in [-0.25, -0.2) is 0 Å². The summed E-state index contributed by atoms with van der Waals surface area (Å²) in [6.07, 6.45) is 3.50. The largest absolute Gasteiger partial charge is 0.481 e. The number of hydrogen-bond donors (Lipinski definition) is 2. The van der Waals surface area contributed by atoms with E-state index in [4.69, 9.17) is 5.11 Å². The number of aliphatic carboxylic acids is 1. The zero-order valence-corrected chi connectivity index (χ0v) is 13.2. The predicted octanol–water partition coefficient (Wildman–Crippen LogP) is 2.51. The fourth-order valence-electron chi connectivity index (χ4n) is 3.67. The van der Waals surface area contributed by atoms with Crippen molar-refractivity contribution >= 4 is 11.9 Å². The van der Waals surface area contributed by atoms with E-state index < -0.39 is 11.4 Å². The monoisotopic (exact) mass is 301 g/mol. The molecule has 3 rings (SSSR count). The highest BCUT2D eigenvalue weighted by Crippen LogP contribution is 2.61. The van der Waals surface area contributed by atoms with Crippen molar-refractivity contribution in [1.82, 2.24) is 5.32 Å². The molecule has 0 heterocycles. The van der Waals surface area contributed by atoms with E-state index in [1.807, 2.05) is 0 Å². The number of benzene rings is 1. The Morgan fingerprint density at radius 1 is 1.36 bits per heavy atom. The zero-order chi connectivity index (χ0) is 16.0. The number of carbonyl (C=O) groups is 2. The average molecular weight is 301 g/mol. The van der Waals surface area contributed by atoms with Gasteiger partial charge in [-0.3, -0.25) is 9.59 Å². The summed E-state index contributed by atoms with van der Waals surface area (Å²) in [5.41, 5.74) is 1.99. The SMILES string of the molecule is CC(C)(CCNC(=O)C1CC12CCc1ccccc12)C(=O)O. The lowest BCUT2D eigenvalue weighted by atomic mass is 9.89. The number of aryl methyl sites for hydroxylation is 1. The van der Waals surface area contributed by atoms with E-state index in [0.717, 1.165) is 19.3 Å². The molecule has 0 aromatic heterocycles. The Balaban J connectivity index is 1.57. The number of carboxylic acid groups (broad SMARTS) is 1. The van der Waals surface area contributed by atoms with Crippen molar-refractivity contribution in [1.29, 1.82) is 0 Å². The van der Waals surface area contributed by atoms with Gasteiger partial charge in [-0.1, -0.05) is 24.3 Å². The molecule has 1 aromatic rings. The fourth-order valence-corrected chi connectivity index (χ4v) is 3.67. The van der Waals surface area contributed by atoms with Crippen LogP contribution in [0.25, 0.3) is 0 Å². The van der Waals surface area contributed by atoms with Crippen LogP contribution in [0.5, 0.6) is 0 Å². The third kappa shape index (κ3) is 2.40. The third-order valence-electron chi connectivity index (χ3n) is 5.41. The van der Waals surface area contributed by atoms with Gasteiger partial charge >= 0.3 is 5.97 Å². The molecule has 0 saturated heterocycles. The van der Waals surface area contributed by atoms with Crippen LogP contribution < -0.4 is 5.32 Å². The molecule has 1 fully saturated rings. The fraction of sp³-hybridized carbons (Fsp3) is 0.556. The Bertz CT molecular complexity index is 623. The second-order valence-electron chi connectivity index (χ2n) is 7.30. The topological polar surface area (TPSA) is 66.4 Å². The molecular weight excluding hydrogens is 278 g/mol. The number of carboxylic acids is 1. The van der Waals surface area contributed by atoms with E-state index in [0.29, 0.717) is 13.0 Å². The van der Waals surface area contributed by atoms with Crippen molar-refractivity contribution in [2.45, 2.75) is 44.9 Å². The number of fused-ring (bicyclic) bond motifs is 2. The molecule has 4 heteroatoms. The van der Waals surface area contributed by atoms with Crippen LogP contribution >= 0.6 is 0 Å². The molecule has 0 radical (unpaired) electrons. The van der Waals surface area contributed by atoms with Crippen molar-refractivity contribution in [3.8, 4) is 0 Å². The van der Waals surface area contributed by atoms with E-state index in [2.05, 4.69) is 29.6 Å². The van der Waals surface area contributed by atoms with Crippen molar-refractivity contribution in [2.75, 3.05) is 6.54 Å². The van der Waals surface area contributed by atoms with Gasteiger partial charge in [-0.05, 0) is 50.7 Å². The number of rotatable bonds is 5. The Morgan fingerprint density at radius 3 is 2.82 bits per heavy atom. The molecule has 1 spiro atoms. The first-order valence-electron chi connectivity index (χ1n) is 7.96. The van der Waals surface area contributed by atoms with Crippen molar-refractivity contribution in [2.24, 2.45) is 11.3 Å². The van der Waals surface area contributed by atoms with Gasteiger partial charge in [0.2, 0.25) is 5.91 Å². The maximum Gasteiger partial charge on any atom is 0.309 e. The Hall–Kier alpha value is -1.84. The smallest absolute Gasteiger partial charge is 0.309 e. The Kier molecular flexibility index (Phi) is 3.50. The predicted molar refractivity (Wildman–Crippen MR) is 83.6 cm³/mol. The van der Waals surface area contributed by atoms with E-state index in [1.54, 1.807) is 13.8 Å². The van der Waals surface area contributed by atoms with Crippen molar-refractivity contribution in [3.63, 3.8) is 0 Å². The van der Waals surface area contributed by atoms with Crippen molar-refractivity contribution in [3.05, 3.63) is 35.4 Å². The molecule has 1 amide bonds. The van der Waals surface area contributed by atoms with Crippen LogP contribution in [-0.2, 0) is 21.4 Å². The maximum atomic E-state index is 12.4. The number of hydrogen-bond acceptors (Lipinski definition) is 2. The molecule has 2 N–H and O–H groups in total. The van der Waals surface area contributed by atoms with Crippen LogP contribution in [0.4, 0.5) is 0 Å². The average Bonchev–Trinajstić information content (AvgIpc) is 3.09. The lowest BCUT2D eigenvalue weighted by molar-refractivity contribution is -0.147. The molecule has 4 nitrogen and oxygen atoms in total. The van der Waals surface area contributed by atoms with Gasteiger partial charge in [0.25, 0.3) is 0 Å². The van der Waals surface area contributed by atoms with Gasteiger partial charge in [-0.15, -0.1) is 0 Å². The minimum atomic E-state index is -0.825. The molecular formula is C18H23NO3. The van der Waals surface area contributed by atoms with Gasteiger partial charge < -0.3 is 10.4 Å². The molecule has 2 aliphatic carbocycles. The lowest BCUT2D eigenvalue weighted by Crippen LogP contribution is -2.33. The molecule has 1 saturated carbocycles. The lowest BCUT2D eigenvalue weighted by Gasteiger charge is -2.19. The van der Waals surface area contributed by atoms with Crippen LogP contribution in [-0.4, -0.2) is 23.5 Å². The summed E-state index contributed by atoms with van der Waals surface area (Å²) in [6.45, 7) is 3.80. The van der Waals surface area contributed by atoms with Crippen LogP contribution in [0.1, 0.15) is 44.2 Å². The highest BCUT2D eigenvalue weighted by atomic mass is 16.4. The van der Waals surface area contributed by atoms with Crippen molar-refractivity contribution < 1.29 is 14.7 Å².